The first-order valence-corrected chi connectivity index (χ1v) is 9.85. The van der Waals surface area contributed by atoms with Gasteiger partial charge in [0.15, 0.2) is 0 Å². The Kier molecular flexibility index (Phi) is 5.76. The van der Waals surface area contributed by atoms with Gasteiger partial charge in [0.05, 0.1) is 28.4 Å². The third-order valence-electron chi connectivity index (χ3n) is 5.05. The Labute approximate surface area is 182 Å². The summed E-state index contributed by atoms with van der Waals surface area (Å²) in [7, 11) is 0. The number of H-pyrrole nitrogens is 1. The topological polar surface area (TPSA) is 93.3 Å². The maximum atomic E-state index is 13.3. The van der Waals surface area contributed by atoms with Crippen molar-refractivity contribution in [2.75, 3.05) is 0 Å². The van der Waals surface area contributed by atoms with Gasteiger partial charge in [0.1, 0.15) is 5.82 Å². The molecule has 7 nitrogen and oxygen atoms in total. The Morgan fingerprint density at radius 2 is 1.69 bits per heavy atom. The summed E-state index contributed by atoms with van der Waals surface area (Å²) in [6, 6.07) is 21.1. The Bertz CT molecular complexity index is 1340. The molecule has 3 aromatic carbocycles. The van der Waals surface area contributed by atoms with Crippen molar-refractivity contribution in [2.45, 2.75) is 13.5 Å². The van der Waals surface area contributed by atoms with Crippen molar-refractivity contribution in [3.05, 3.63) is 116 Å². The average Bonchev–Trinajstić information content (AvgIpc) is 3.16. The molecule has 0 spiro atoms. The highest BCUT2D eigenvalue weighted by Gasteiger charge is 2.19. The molecule has 4 rings (SSSR count). The van der Waals surface area contributed by atoms with Crippen LogP contribution in [0.25, 0.3) is 16.9 Å². The predicted molar refractivity (Wildman–Crippen MR) is 121 cm³/mol. The molecule has 1 aromatic heterocycles. The molecule has 1 N–H and O–H groups in total. The van der Waals surface area contributed by atoms with Gasteiger partial charge < -0.3 is 0 Å². The van der Waals surface area contributed by atoms with Crippen LogP contribution in [0.15, 0.2) is 88.6 Å². The molecule has 0 aliphatic carbocycles. The van der Waals surface area contributed by atoms with E-state index < -0.39 is 4.92 Å². The lowest BCUT2D eigenvalue weighted by Gasteiger charge is -2.03. The van der Waals surface area contributed by atoms with Crippen molar-refractivity contribution < 1.29 is 9.31 Å². The van der Waals surface area contributed by atoms with Gasteiger partial charge >= 0.3 is 0 Å². The molecular weight excluding hydrogens is 411 g/mol. The van der Waals surface area contributed by atoms with E-state index in [0.29, 0.717) is 29.2 Å². The van der Waals surface area contributed by atoms with E-state index in [-0.39, 0.29) is 17.1 Å². The smallest absolute Gasteiger partial charge is 0.280 e. The summed E-state index contributed by atoms with van der Waals surface area (Å²) < 4.78 is 14.5. The molecule has 0 aliphatic rings. The number of hydrogen-bond donors (Lipinski definition) is 1. The van der Waals surface area contributed by atoms with Crippen molar-refractivity contribution in [1.29, 1.82) is 0 Å². The summed E-state index contributed by atoms with van der Waals surface area (Å²) in [5.41, 5.74) is 3.22. The minimum atomic E-state index is -0.492. The van der Waals surface area contributed by atoms with Crippen LogP contribution in [0, 0.1) is 15.9 Å². The van der Waals surface area contributed by atoms with E-state index in [0.717, 1.165) is 11.1 Å². The highest BCUT2D eigenvalue weighted by molar-refractivity contribution is 6.03. The summed E-state index contributed by atoms with van der Waals surface area (Å²) in [5, 5.41) is 14.1. The second-order valence-corrected chi connectivity index (χ2v) is 7.17. The number of nitrogens with zero attached hydrogens (tertiary/aromatic N) is 3. The summed E-state index contributed by atoms with van der Waals surface area (Å²) in [6.45, 7) is 2.04. The molecule has 0 fully saturated rings. The van der Waals surface area contributed by atoms with E-state index >= 15 is 0 Å². The Morgan fingerprint density at radius 1 is 1.03 bits per heavy atom. The third kappa shape index (κ3) is 4.24. The van der Waals surface area contributed by atoms with E-state index in [1.807, 2.05) is 30.3 Å². The molecule has 0 saturated heterocycles. The molecule has 0 saturated carbocycles. The van der Waals surface area contributed by atoms with Gasteiger partial charge in [-0.15, -0.1) is 0 Å². The maximum Gasteiger partial charge on any atom is 0.280 e. The number of hydrogen-bond acceptors (Lipinski definition) is 4. The van der Waals surface area contributed by atoms with Gasteiger partial charge in [0.2, 0.25) is 0 Å². The molecule has 1 heterocycles. The summed E-state index contributed by atoms with van der Waals surface area (Å²) in [5.74, 6) is -0.322. The zero-order valence-corrected chi connectivity index (χ0v) is 17.2. The Balaban J connectivity index is 1.79. The maximum absolute atomic E-state index is 13.3. The van der Waals surface area contributed by atoms with Crippen LogP contribution in [-0.4, -0.2) is 20.4 Å². The van der Waals surface area contributed by atoms with Crippen molar-refractivity contribution in [1.82, 2.24) is 9.78 Å². The summed E-state index contributed by atoms with van der Waals surface area (Å²) in [6.07, 6.45) is 0. The first-order chi connectivity index (χ1) is 15.4. The fourth-order valence-electron chi connectivity index (χ4n) is 3.37. The lowest BCUT2D eigenvalue weighted by molar-refractivity contribution is -0.384. The van der Waals surface area contributed by atoms with Crippen LogP contribution in [-0.2, 0) is 6.54 Å². The van der Waals surface area contributed by atoms with E-state index in [4.69, 9.17) is 0 Å². The molecule has 0 amide bonds. The SMILES string of the molecule is CC(=NCc1ccc(F)cc1)c1c(-c2ccccc2)[nH]n(-c2ccc([N+](=O)[O-])cc2)c1=O. The lowest BCUT2D eigenvalue weighted by Crippen LogP contribution is -2.19. The number of nitro groups is 1. The van der Waals surface area contributed by atoms with Crippen molar-refractivity contribution in [3.8, 4) is 16.9 Å². The quantitative estimate of drug-likeness (QED) is 0.268. The number of aromatic nitrogens is 2. The van der Waals surface area contributed by atoms with Crippen LogP contribution in [0.5, 0.6) is 0 Å². The van der Waals surface area contributed by atoms with Crippen LogP contribution < -0.4 is 5.56 Å². The summed E-state index contributed by atoms with van der Waals surface area (Å²) >= 11 is 0. The molecule has 0 atom stereocenters. The van der Waals surface area contributed by atoms with E-state index in [2.05, 4.69) is 10.1 Å². The first kappa shape index (κ1) is 20.9. The number of nitro benzene ring substituents is 1. The van der Waals surface area contributed by atoms with Crippen LogP contribution >= 0.6 is 0 Å². The standard InChI is InChI=1S/C24H19FN4O3/c1-16(26-15-17-7-9-19(25)10-8-17)22-23(18-5-3-2-4-6-18)27-28(24(22)30)20-11-13-21(14-12-20)29(31)32/h2-14,27H,15H2,1H3. The van der Waals surface area contributed by atoms with Gasteiger partial charge in [0.25, 0.3) is 11.2 Å². The normalized spacial score (nSPS) is 11.5. The second kappa shape index (κ2) is 8.81. The molecular formula is C24H19FN4O3. The van der Waals surface area contributed by atoms with Crippen molar-refractivity contribution in [3.63, 3.8) is 0 Å². The molecule has 0 unspecified atom stereocenters. The van der Waals surface area contributed by atoms with Crippen molar-refractivity contribution in [2.24, 2.45) is 4.99 Å². The zero-order valence-electron chi connectivity index (χ0n) is 17.2. The van der Waals surface area contributed by atoms with Crippen molar-refractivity contribution >= 4 is 11.4 Å². The number of halogens is 1. The number of benzene rings is 3. The highest BCUT2D eigenvalue weighted by atomic mass is 19.1. The van der Waals surface area contributed by atoms with Crippen LogP contribution in [0.2, 0.25) is 0 Å². The van der Waals surface area contributed by atoms with Crippen LogP contribution in [0.4, 0.5) is 10.1 Å². The molecule has 4 aromatic rings. The fourth-order valence-corrected chi connectivity index (χ4v) is 3.37. The van der Waals surface area contributed by atoms with Gasteiger partial charge in [-0.3, -0.25) is 25.0 Å². The lowest BCUT2D eigenvalue weighted by atomic mass is 10.1. The third-order valence-corrected chi connectivity index (χ3v) is 5.05. The monoisotopic (exact) mass is 430 g/mol. The number of aliphatic imine (C=N–C) groups is 1. The minimum Gasteiger partial charge on any atom is -0.290 e. The fraction of sp³-hybridized carbons (Fsp3) is 0.0833. The number of rotatable bonds is 6. The second-order valence-electron chi connectivity index (χ2n) is 7.17. The van der Waals surface area contributed by atoms with Gasteiger partial charge in [-0.25, -0.2) is 9.07 Å². The van der Waals surface area contributed by atoms with Crippen LogP contribution in [0.3, 0.4) is 0 Å². The van der Waals surface area contributed by atoms with E-state index in [1.165, 1.54) is 41.1 Å². The zero-order chi connectivity index (χ0) is 22.7. The minimum absolute atomic E-state index is 0.0612. The number of aromatic amines is 1. The molecule has 0 radical (unpaired) electrons. The van der Waals surface area contributed by atoms with E-state index in [1.54, 1.807) is 19.1 Å². The van der Waals surface area contributed by atoms with Gasteiger partial charge in [0, 0.05) is 23.4 Å². The van der Waals surface area contributed by atoms with Gasteiger partial charge in [-0.2, -0.15) is 0 Å². The Morgan fingerprint density at radius 3 is 2.31 bits per heavy atom. The molecule has 160 valence electrons. The first-order valence-electron chi connectivity index (χ1n) is 9.85. The van der Waals surface area contributed by atoms with Gasteiger partial charge in [-0.1, -0.05) is 42.5 Å². The number of nitrogens with one attached hydrogen (secondary N) is 1. The molecule has 32 heavy (non-hydrogen) atoms. The molecule has 0 aliphatic heterocycles. The highest BCUT2D eigenvalue weighted by Crippen LogP contribution is 2.22. The molecule has 0 bridgehead atoms. The summed E-state index contributed by atoms with van der Waals surface area (Å²) in [4.78, 5) is 28.4. The largest absolute Gasteiger partial charge is 0.290 e. The number of non-ortho nitro benzene ring substituents is 1. The van der Waals surface area contributed by atoms with Crippen LogP contribution in [0.1, 0.15) is 18.1 Å². The van der Waals surface area contributed by atoms with E-state index in [9.17, 15) is 19.3 Å². The Hall–Kier alpha value is -4.33. The predicted octanol–water partition coefficient (Wildman–Crippen LogP) is 4.89. The average molecular weight is 430 g/mol. The molecule has 8 heteroatoms. The van der Waals surface area contributed by atoms with Gasteiger partial charge in [-0.05, 0) is 36.8 Å².